The van der Waals surface area contributed by atoms with Crippen LogP contribution in [0.4, 0.5) is 4.79 Å². The molecule has 1 aliphatic heterocycles. The molecule has 0 spiro atoms. The van der Waals surface area contributed by atoms with E-state index in [1.54, 1.807) is 11.8 Å². The summed E-state index contributed by atoms with van der Waals surface area (Å²) in [5.41, 5.74) is -0.216. The molecule has 1 aliphatic rings. The number of rotatable bonds is 3. The van der Waals surface area contributed by atoms with Gasteiger partial charge in [-0.2, -0.15) is 4.98 Å². The average molecular weight is 337 g/mol. The minimum atomic E-state index is -0.415. The van der Waals surface area contributed by atoms with E-state index in [0.29, 0.717) is 31.3 Å². The van der Waals surface area contributed by atoms with E-state index in [2.05, 4.69) is 15.5 Å². The summed E-state index contributed by atoms with van der Waals surface area (Å²) in [6.07, 6.45) is 0.774. The highest BCUT2D eigenvalue weighted by Crippen LogP contribution is 2.20. The summed E-state index contributed by atoms with van der Waals surface area (Å²) in [4.78, 5) is 32.2. The van der Waals surface area contributed by atoms with Gasteiger partial charge in [-0.1, -0.05) is 25.9 Å². The Labute approximate surface area is 142 Å². The molecule has 2 heterocycles. The van der Waals surface area contributed by atoms with Crippen LogP contribution < -0.4 is 5.32 Å². The second-order valence-electron chi connectivity index (χ2n) is 7.13. The molecule has 0 saturated carbocycles. The van der Waals surface area contributed by atoms with Crippen molar-refractivity contribution in [1.29, 1.82) is 0 Å². The number of urea groups is 1. The number of likely N-dealkylation sites (N-methyl/N-ethyl adjacent to an activating group) is 1. The Morgan fingerprint density at radius 3 is 2.67 bits per heavy atom. The lowest BCUT2D eigenvalue weighted by molar-refractivity contribution is -0.130. The molecule has 24 heavy (non-hydrogen) atoms. The first-order valence-electron chi connectivity index (χ1n) is 8.39. The van der Waals surface area contributed by atoms with Crippen LogP contribution in [0.5, 0.6) is 0 Å². The quantitative estimate of drug-likeness (QED) is 0.906. The smallest absolute Gasteiger partial charge is 0.318 e. The zero-order valence-corrected chi connectivity index (χ0v) is 15.1. The molecule has 8 nitrogen and oxygen atoms in total. The Bertz CT molecular complexity index is 593. The first-order valence-corrected chi connectivity index (χ1v) is 8.39. The van der Waals surface area contributed by atoms with E-state index in [1.807, 2.05) is 27.7 Å². The third kappa shape index (κ3) is 4.24. The fraction of sp³-hybridized carbons (Fsp3) is 0.750. The largest absolute Gasteiger partial charge is 0.341 e. The molecule has 1 saturated heterocycles. The van der Waals surface area contributed by atoms with Crippen LogP contribution in [-0.2, 0) is 10.2 Å². The molecule has 0 radical (unpaired) electrons. The molecule has 0 aromatic carbocycles. The van der Waals surface area contributed by atoms with Crippen molar-refractivity contribution in [3.8, 4) is 0 Å². The maximum atomic E-state index is 12.4. The van der Waals surface area contributed by atoms with Crippen LogP contribution in [0.2, 0.25) is 0 Å². The molecule has 1 atom stereocenters. The summed E-state index contributed by atoms with van der Waals surface area (Å²) in [5.74, 6) is 0.942. The monoisotopic (exact) mass is 337 g/mol. The van der Waals surface area contributed by atoms with Gasteiger partial charge in [0.05, 0.1) is 0 Å². The van der Waals surface area contributed by atoms with Gasteiger partial charge >= 0.3 is 6.03 Å². The first kappa shape index (κ1) is 18.2. The predicted octanol–water partition coefficient (Wildman–Crippen LogP) is 1.69. The van der Waals surface area contributed by atoms with Gasteiger partial charge in [-0.15, -0.1) is 0 Å². The molecule has 3 amide bonds. The van der Waals surface area contributed by atoms with Crippen LogP contribution in [0, 0.1) is 0 Å². The van der Waals surface area contributed by atoms with E-state index in [0.717, 1.165) is 6.42 Å². The molecule has 2 rings (SSSR count). The number of nitrogens with zero attached hydrogens (tertiary/aromatic N) is 4. The fourth-order valence-corrected chi connectivity index (χ4v) is 2.48. The minimum Gasteiger partial charge on any atom is -0.341 e. The zero-order chi connectivity index (χ0) is 17.9. The normalized spacial score (nSPS) is 17.6. The lowest BCUT2D eigenvalue weighted by Crippen LogP contribution is -2.44. The van der Waals surface area contributed by atoms with Gasteiger partial charge in [0.1, 0.15) is 12.6 Å². The zero-order valence-electron chi connectivity index (χ0n) is 15.1. The molecular weight excluding hydrogens is 310 g/mol. The van der Waals surface area contributed by atoms with E-state index in [-0.39, 0.29) is 23.9 Å². The molecule has 8 heteroatoms. The Hall–Kier alpha value is -2.12. The Morgan fingerprint density at radius 1 is 1.38 bits per heavy atom. The average Bonchev–Trinajstić information content (AvgIpc) is 2.92. The third-order valence-electron chi connectivity index (χ3n) is 4.03. The topological polar surface area (TPSA) is 91.6 Å². The van der Waals surface area contributed by atoms with Gasteiger partial charge in [-0.3, -0.25) is 4.79 Å². The highest BCUT2D eigenvalue weighted by molar-refractivity contribution is 5.84. The fourth-order valence-electron chi connectivity index (χ4n) is 2.48. The van der Waals surface area contributed by atoms with Gasteiger partial charge in [0.15, 0.2) is 5.82 Å². The molecule has 1 aromatic heterocycles. The second kappa shape index (κ2) is 7.19. The maximum Gasteiger partial charge on any atom is 0.318 e. The van der Waals surface area contributed by atoms with Gasteiger partial charge in [0, 0.05) is 25.0 Å². The summed E-state index contributed by atoms with van der Waals surface area (Å²) in [6.45, 7) is 11.7. The van der Waals surface area contributed by atoms with Crippen LogP contribution in [-0.4, -0.2) is 58.1 Å². The van der Waals surface area contributed by atoms with Crippen LogP contribution in [0.25, 0.3) is 0 Å². The van der Waals surface area contributed by atoms with Gasteiger partial charge in [0.2, 0.25) is 11.8 Å². The molecule has 134 valence electrons. The van der Waals surface area contributed by atoms with E-state index in [9.17, 15) is 9.59 Å². The summed E-state index contributed by atoms with van der Waals surface area (Å²) < 4.78 is 5.25. The van der Waals surface area contributed by atoms with Crippen LogP contribution in [0.3, 0.4) is 0 Å². The van der Waals surface area contributed by atoms with E-state index >= 15 is 0 Å². The van der Waals surface area contributed by atoms with E-state index in [4.69, 9.17) is 4.52 Å². The molecule has 0 bridgehead atoms. The lowest BCUT2D eigenvalue weighted by Gasteiger charge is -2.22. The van der Waals surface area contributed by atoms with Crippen molar-refractivity contribution >= 4 is 11.9 Å². The van der Waals surface area contributed by atoms with Gasteiger partial charge in [-0.25, -0.2) is 4.79 Å². The van der Waals surface area contributed by atoms with Crippen molar-refractivity contribution < 1.29 is 14.1 Å². The van der Waals surface area contributed by atoms with Gasteiger partial charge in [0.25, 0.3) is 0 Å². The molecule has 1 aromatic rings. The highest BCUT2D eigenvalue weighted by Gasteiger charge is 2.27. The van der Waals surface area contributed by atoms with Crippen molar-refractivity contribution in [2.24, 2.45) is 0 Å². The van der Waals surface area contributed by atoms with E-state index < -0.39 is 6.04 Å². The van der Waals surface area contributed by atoms with Crippen molar-refractivity contribution in [2.45, 2.75) is 52.5 Å². The van der Waals surface area contributed by atoms with Crippen molar-refractivity contribution in [2.75, 3.05) is 26.2 Å². The minimum absolute atomic E-state index is 0.0226. The molecule has 0 aliphatic carbocycles. The van der Waals surface area contributed by atoms with E-state index in [1.165, 1.54) is 4.90 Å². The Balaban J connectivity index is 1.98. The molecule has 1 fully saturated rings. The standard InChI is InChI=1S/C16H27N5O3/c1-6-20-8-7-9-21(10-12(20)22)15(23)17-11(2)13-18-14(19-24-13)16(3,4)5/h11H,6-10H2,1-5H3,(H,17,23)/t11-/m1/s1. The van der Waals surface area contributed by atoms with Gasteiger partial charge < -0.3 is 19.6 Å². The van der Waals surface area contributed by atoms with Gasteiger partial charge in [-0.05, 0) is 20.3 Å². The second-order valence-corrected chi connectivity index (χ2v) is 7.13. The Morgan fingerprint density at radius 2 is 2.08 bits per heavy atom. The van der Waals surface area contributed by atoms with Crippen molar-refractivity contribution in [1.82, 2.24) is 25.3 Å². The number of carbonyl (C=O) groups is 2. The van der Waals surface area contributed by atoms with Crippen LogP contribution >= 0.6 is 0 Å². The van der Waals surface area contributed by atoms with Crippen LogP contribution in [0.1, 0.15) is 58.8 Å². The number of hydrogen-bond acceptors (Lipinski definition) is 5. The maximum absolute atomic E-state index is 12.4. The highest BCUT2D eigenvalue weighted by atomic mass is 16.5. The molecule has 1 N–H and O–H groups in total. The number of nitrogens with one attached hydrogen (secondary N) is 1. The molecular formula is C16H27N5O3. The summed E-state index contributed by atoms with van der Waals surface area (Å²) >= 11 is 0. The number of aromatic nitrogens is 2. The summed E-state index contributed by atoms with van der Waals surface area (Å²) in [7, 11) is 0. The SMILES string of the molecule is CCN1CCCN(C(=O)N[C@H](C)c2nc(C(C)(C)C)no2)CC1=O. The number of amides is 3. The predicted molar refractivity (Wildman–Crippen MR) is 88.4 cm³/mol. The summed E-state index contributed by atoms with van der Waals surface area (Å²) in [5, 5.41) is 6.80. The number of hydrogen-bond donors (Lipinski definition) is 1. The van der Waals surface area contributed by atoms with Crippen molar-refractivity contribution in [3.63, 3.8) is 0 Å². The van der Waals surface area contributed by atoms with Crippen LogP contribution in [0.15, 0.2) is 4.52 Å². The summed E-state index contributed by atoms with van der Waals surface area (Å²) in [6, 6.07) is -0.703. The third-order valence-corrected chi connectivity index (χ3v) is 4.03. The number of carbonyl (C=O) groups excluding carboxylic acids is 2. The first-order chi connectivity index (χ1) is 11.2. The lowest BCUT2D eigenvalue weighted by atomic mass is 9.96. The molecule has 0 unspecified atom stereocenters. The Kier molecular flexibility index (Phi) is 5.46. The van der Waals surface area contributed by atoms with Crippen molar-refractivity contribution in [3.05, 3.63) is 11.7 Å².